The molecule has 0 fully saturated rings. The Morgan fingerprint density at radius 2 is 1.81 bits per heavy atom. The summed E-state index contributed by atoms with van der Waals surface area (Å²) in [5, 5.41) is 10.8. The van der Waals surface area contributed by atoms with Crippen LogP contribution in [0.5, 0.6) is 0 Å². The van der Waals surface area contributed by atoms with Crippen LogP contribution in [0.3, 0.4) is 0 Å². The van der Waals surface area contributed by atoms with Gasteiger partial charge in [0, 0.05) is 0 Å². The van der Waals surface area contributed by atoms with Crippen LogP contribution in [0.15, 0.2) is 48.5 Å². The first-order chi connectivity index (χ1) is 7.68. The summed E-state index contributed by atoms with van der Waals surface area (Å²) in [6.45, 7) is 2.00. The summed E-state index contributed by atoms with van der Waals surface area (Å²) in [5.41, 5.74) is 3.28. The van der Waals surface area contributed by atoms with Crippen molar-refractivity contribution in [3.05, 3.63) is 59.7 Å². The van der Waals surface area contributed by atoms with E-state index in [1.54, 1.807) is 12.1 Å². The first kappa shape index (κ1) is 10.4. The van der Waals surface area contributed by atoms with Gasteiger partial charge in [-0.1, -0.05) is 42.5 Å². The topological polar surface area (TPSA) is 40.1 Å². The van der Waals surface area contributed by atoms with E-state index in [2.05, 4.69) is 0 Å². The standard InChI is InChI=1S/C14H12O2/c1-10-5-2-3-8-13(10)11-6-4-7-12(9-11)14(15)16/h2-9H,1H3,(H,15,16)/p-1. The lowest BCUT2D eigenvalue weighted by molar-refractivity contribution is -0.255. The molecule has 0 amide bonds. The van der Waals surface area contributed by atoms with Crippen LogP contribution >= 0.6 is 0 Å². The maximum Gasteiger partial charge on any atom is 0.0715 e. The van der Waals surface area contributed by atoms with Crippen LogP contribution in [0, 0.1) is 6.92 Å². The normalized spacial score (nSPS) is 10.1. The van der Waals surface area contributed by atoms with Crippen molar-refractivity contribution < 1.29 is 9.90 Å². The minimum Gasteiger partial charge on any atom is -0.545 e. The molecule has 0 aliphatic rings. The van der Waals surface area contributed by atoms with E-state index in [1.165, 1.54) is 6.07 Å². The molecule has 16 heavy (non-hydrogen) atoms. The lowest BCUT2D eigenvalue weighted by Crippen LogP contribution is -2.22. The lowest BCUT2D eigenvalue weighted by atomic mass is 9.99. The highest BCUT2D eigenvalue weighted by Crippen LogP contribution is 2.23. The number of carbonyl (C=O) groups excluding carboxylic acids is 1. The molecule has 0 spiro atoms. The predicted molar refractivity (Wildman–Crippen MR) is 60.9 cm³/mol. The Labute approximate surface area is 94.2 Å². The molecule has 0 unspecified atom stereocenters. The van der Waals surface area contributed by atoms with Crippen molar-refractivity contribution in [1.82, 2.24) is 0 Å². The average Bonchev–Trinajstić information content (AvgIpc) is 2.30. The zero-order valence-corrected chi connectivity index (χ0v) is 8.94. The van der Waals surface area contributed by atoms with Gasteiger partial charge in [-0.05, 0) is 35.2 Å². The number of carboxylic acids is 1. The largest absolute Gasteiger partial charge is 0.545 e. The van der Waals surface area contributed by atoms with Gasteiger partial charge in [-0.15, -0.1) is 0 Å². The highest BCUT2D eigenvalue weighted by molar-refractivity contribution is 5.88. The van der Waals surface area contributed by atoms with Gasteiger partial charge in [0.25, 0.3) is 0 Å². The zero-order valence-electron chi connectivity index (χ0n) is 8.94. The number of rotatable bonds is 2. The van der Waals surface area contributed by atoms with Gasteiger partial charge in [-0.25, -0.2) is 0 Å². The molecule has 2 aromatic carbocycles. The molecule has 2 nitrogen and oxygen atoms in total. The second-order valence-corrected chi connectivity index (χ2v) is 3.68. The Kier molecular flexibility index (Phi) is 2.73. The number of aromatic carboxylic acids is 1. The summed E-state index contributed by atoms with van der Waals surface area (Å²) in [5.74, 6) is -1.14. The summed E-state index contributed by atoms with van der Waals surface area (Å²) >= 11 is 0. The molecule has 0 aliphatic carbocycles. The molecule has 0 saturated heterocycles. The average molecular weight is 211 g/mol. The molecule has 80 valence electrons. The number of aryl methyl sites for hydroxylation is 1. The quantitative estimate of drug-likeness (QED) is 0.762. The van der Waals surface area contributed by atoms with Gasteiger partial charge in [-0.3, -0.25) is 0 Å². The Balaban J connectivity index is 2.53. The van der Waals surface area contributed by atoms with E-state index in [0.29, 0.717) is 0 Å². The van der Waals surface area contributed by atoms with Gasteiger partial charge in [0.05, 0.1) is 5.97 Å². The fourth-order valence-corrected chi connectivity index (χ4v) is 1.71. The van der Waals surface area contributed by atoms with Crippen LogP contribution < -0.4 is 5.11 Å². The highest BCUT2D eigenvalue weighted by Gasteiger charge is 2.02. The van der Waals surface area contributed by atoms with Crippen LogP contribution in [-0.4, -0.2) is 5.97 Å². The van der Waals surface area contributed by atoms with Crippen molar-refractivity contribution in [3.8, 4) is 11.1 Å². The van der Waals surface area contributed by atoms with Crippen molar-refractivity contribution in [3.63, 3.8) is 0 Å². The molecule has 0 saturated carbocycles. The Hall–Kier alpha value is -2.09. The van der Waals surface area contributed by atoms with Gasteiger partial charge in [-0.2, -0.15) is 0 Å². The van der Waals surface area contributed by atoms with Gasteiger partial charge in [0.1, 0.15) is 0 Å². The monoisotopic (exact) mass is 211 g/mol. The summed E-state index contributed by atoms with van der Waals surface area (Å²) in [4.78, 5) is 10.8. The SMILES string of the molecule is Cc1ccccc1-c1cccc(C(=O)[O-])c1. The third-order valence-electron chi connectivity index (χ3n) is 2.55. The van der Waals surface area contributed by atoms with Crippen molar-refractivity contribution in [2.75, 3.05) is 0 Å². The predicted octanol–water partition coefficient (Wildman–Crippen LogP) is 2.03. The molecule has 2 rings (SSSR count). The van der Waals surface area contributed by atoms with Crippen LogP contribution in [0.25, 0.3) is 11.1 Å². The van der Waals surface area contributed by atoms with Crippen LogP contribution in [0.2, 0.25) is 0 Å². The number of hydrogen-bond donors (Lipinski definition) is 0. The van der Waals surface area contributed by atoms with Gasteiger partial charge in [0.15, 0.2) is 0 Å². The lowest BCUT2D eigenvalue weighted by Gasteiger charge is -2.08. The minimum atomic E-state index is -1.14. The smallest absolute Gasteiger partial charge is 0.0715 e. The highest BCUT2D eigenvalue weighted by atomic mass is 16.4. The summed E-state index contributed by atoms with van der Waals surface area (Å²) in [6.07, 6.45) is 0. The number of carboxylic acid groups (broad SMARTS) is 1. The molecule has 0 atom stereocenters. The Morgan fingerprint density at radius 1 is 1.06 bits per heavy atom. The van der Waals surface area contributed by atoms with Gasteiger partial charge in [0.2, 0.25) is 0 Å². The summed E-state index contributed by atoms with van der Waals surface area (Å²) in [6, 6.07) is 14.7. The summed E-state index contributed by atoms with van der Waals surface area (Å²) in [7, 11) is 0. The van der Waals surface area contributed by atoms with E-state index in [-0.39, 0.29) is 5.56 Å². The maximum absolute atomic E-state index is 10.8. The van der Waals surface area contributed by atoms with Crippen LogP contribution in [-0.2, 0) is 0 Å². The molecule has 0 aliphatic heterocycles. The van der Waals surface area contributed by atoms with Crippen LogP contribution in [0.4, 0.5) is 0 Å². The Morgan fingerprint density at radius 3 is 2.50 bits per heavy atom. The number of benzene rings is 2. The van der Waals surface area contributed by atoms with Crippen LogP contribution in [0.1, 0.15) is 15.9 Å². The van der Waals surface area contributed by atoms with E-state index in [1.807, 2.05) is 37.3 Å². The molecule has 2 heteroatoms. The van der Waals surface area contributed by atoms with Crippen molar-refractivity contribution in [2.24, 2.45) is 0 Å². The van der Waals surface area contributed by atoms with E-state index >= 15 is 0 Å². The zero-order chi connectivity index (χ0) is 11.5. The molecule has 0 aromatic heterocycles. The minimum absolute atomic E-state index is 0.209. The second kappa shape index (κ2) is 4.19. The van der Waals surface area contributed by atoms with E-state index in [9.17, 15) is 9.90 Å². The van der Waals surface area contributed by atoms with Gasteiger partial charge >= 0.3 is 0 Å². The van der Waals surface area contributed by atoms with Crippen molar-refractivity contribution in [2.45, 2.75) is 6.92 Å². The Bertz CT molecular complexity index is 530. The number of carbonyl (C=O) groups is 1. The molecular formula is C14H11O2-. The fourth-order valence-electron chi connectivity index (χ4n) is 1.71. The van der Waals surface area contributed by atoms with Gasteiger partial charge < -0.3 is 9.90 Å². The summed E-state index contributed by atoms with van der Waals surface area (Å²) < 4.78 is 0. The second-order valence-electron chi connectivity index (χ2n) is 3.68. The van der Waals surface area contributed by atoms with Crippen molar-refractivity contribution in [1.29, 1.82) is 0 Å². The van der Waals surface area contributed by atoms with E-state index in [0.717, 1.165) is 16.7 Å². The van der Waals surface area contributed by atoms with E-state index in [4.69, 9.17) is 0 Å². The molecule has 0 bridgehead atoms. The van der Waals surface area contributed by atoms with E-state index < -0.39 is 5.97 Å². The third-order valence-corrected chi connectivity index (χ3v) is 2.55. The molecule has 0 N–H and O–H groups in total. The third kappa shape index (κ3) is 1.96. The molecule has 0 heterocycles. The molecule has 0 radical (unpaired) electrons. The maximum atomic E-state index is 10.8. The first-order valence-corrected chi connectivity index (χ1v) is 5.06. The fraction of sp³-hybridized carbons (Fsp3) is 0.0714. The number of hydrogen-bond acceptors (Lipinski definition) is 2. The molecular weight excluding hydrogens is 200 g/mol. The first-order valence-electron chi connectivity index (χ1n) is 5.06. The van der Waals surface area contributed by atoms with Crippen molar-refractivity contribution >= 4 is 5.97 Å². The molecule has 2 aromatic rings.